The maximum absolute atomic E-state index is 5.62. The second-order valence-electron chi connectivity index (χ2n) is 2.50. The largest absolute Gasteiger partial charge is 0.303 e. The van der Waals surface area contributed by atoms with Crippen molar-refractivity contribution in [2.45, 2.75) is 6.42 Å². The van der Waals surface area contributed by atoms with E-state index < -0.39 is 0 Å². The first-order valence-electron chi connectivity index (χ1n) is 3.73. The van der Waals surface area contributed by atoms with Crippen LogP contribution >= 0.6 is 11.6 Å². The molecule has 0 radical (unpaired) electrons. The van der Waals surface area contributed by atoms with Crippen molar-refractivity contribution in [1.29, 1.82) is 0 Å². The van der Waals surface area contributed by atoms with Crippen molar-refractivity contribution in [2.75, 3.05) is 5.88 Å². The van der Waals surface area contributed by atoms with E-state index in [-0.39, 0.29) is 0 Å². The number of hydrogen-bond donors (Lipinski definition) is 0. The molecule has 0 amide bonds. The molecule has 2 aromatic heterocycles. The minimum atomic E-state index is 0.599. The van der Waals surface area contributed by atoms with Gasteiger partial charge in [-0.2, -0.15) is 0 Å². The van der Waals surface area contributed by atoms with Gasteiger partial charge in [0.25, 0.3) is 0 Å². The highest BCUT2D eigenvalue weighted by molar-refractivity contribution is 6.18. The Balaban J connectivity index is 2.55. The van der Waals surface area contributed by atoms with Crippen molar-refractivity contribution < 1.29 is 0 Å². The Morgan fingerprint density at radius 1 is 1.50 bits per heavy atom. The van der Waals surface area contributed by atoms with Gasteiger partial charge in [-0.3, -0.25) is 4.98 Å². The first-order valence-corrected chi connectivity index (χ1v) is 4.27. The summed E-state index contributed by atoms with van der Waals surface area (Å²) in [5, 5.41) is 0. The fourth-order valence-corrected chi connectivity index (χ4v) is 1.35. The summed E-state index contributed by atoms with van der Waals surface area (Å²) in [7, 11) is 0. The molecule has 12 heavy (non-hydrogen) atoms. The van der Waals surface area contributed by atoms with Crippen molar-refractivity contribution in [1.82, 2.24) is 14.4 Å². The summed E-state index contributed by atoms with van der Waals surface area (Å²) in [6, 6.07) is 0. The molecule has 0 aliphatic rings. The molecule has 0 N–H and O–H groups in total. The number of aryl methyl sites for hydroxylation is 1. The number of imidazole rings is 1. The third kappa shape index (κ3) is 1.16. The molecule has 2 heterocycles. The van der Waals surface area contributed by atoms with Crippen LogP contribution in [-0.2, 0) is 6.42 Å². The predicted molar refractivity (Wildman–Crippen MR) is 47.4 cm³/mol. The van der Waals surface area contributed by atoms with E-state index >= 15 is 0 Å². The standard InChI is InChI=1S/C8H8ClN3/c9-2-1-7-8-5-10-3-4-12(8)6-11-7/h3-6H,1-2H2. The Bertz CT molecular complexity index is 382. The number of hydrogen-bond acceptors (Lipinski definition) is 2. The topological polar surface area (TPSA) is 30.2 Å². The van der Waals surface area contributed by atoms with Crippen molar-refractivity contribution in [3.63, 3.8) is 0 Å². The molecule has 0 fully saturated rings. The van der Waals surface area contributed by atoms with Gasteiger partial charge >= 0.3 is 0 Å². The maximum atomic E-state index is 5.62. The quantitative estimate of drug-likeness (QED) is 0.658. The molecule has 0 aliphatic heterocycles. The highest BCUT2D eigenvalue weighted by Crippen LogP contribution is 2.08. The molecule has 4 heteroatoms. The molecule has 0 aromatic carbocycles. The van der Waals surface area contributed by atoms with Crippen molar-refractivity contribution in [2.24, 2.45) is 0 Å². The average Bonchev–Trinajstić information content (AvgIpc) is 2.50. The van der Waals surface area contributed by atoms with Crippen LogP contribution in [0.4, 0.5) is 0 Å². The highest BCUT2D eigenvalue weighted by atomic mass is 35.5. The summed E-state index contributed by atoms with van der Waals surface area (Å²) in [6.45, 7) is 0. The molecule has 62 valence electrons. The van der Waals surface area contributed by atoms with E-state index in [1.165, 1.54) is 0 Å². The average molecular weight is 182 g/mol. The van der Waals surface area contributed by atoms with Crippen molar-refractivity contribution >= 4 is 17.1 Å². The monoisotopic (exact) mass is 181 g/mol. The molecule has 0 spiro atoms. The SMILES string of the molecule is ClCCc1ncn2ccncc12. The van der Waals surface area contributed by atoms with Crippen LogP contribution in [0.5, 0.6) is 0 Å². The van der Waals surface area contributed by atoms with Crippen LogP contribution < -0.4 is 0 Å². The van der Waals surface area contributed by atoms with E-state index in [1.807, 2.05) is 10.6 Å². The van der Waals surface area contributed by atoms with Crippen LogP contribution in [0.1, 0.15) is 5.69 Å². The lowest BCUT2D eigenvalue weighted by Crippen LogP contribution is -1.88. The number of alkyl halides is 1. The minimum Gasteiger partial charge on any atom is -0.303 e. The van der Waals surface area contributed by atoms with Gasteiger partial charge in [-0.05, 0) is 0 Å². The second kappa shape index (κ2) is 3.11. The molecular weight excluding hydrogens is 174 g/mol. The van der Waals surface area contributed by atoms with Gasteiger partial charge in [-0.25, -0.2) is 4.98 Å². The Morgan fingerprint density at radius 3 is 3.25 bits per heavy atom. The van der Waals surface area contributed by atoms with Gasteiger partial charge in [-0.1, -0.05) is 0 Å². The third-order valence-corrected chi connectivity index (χ3v) is 1.94. The third-order valence-electron chi connectivity index (χ3n) is 1.75. The highest BCUT2D eigenvalue weighted by Gasteiger charge is 2.01. The first kappa shape index (κ1) is 7.55. The Hall–Kier alpha value is -1.09. The van der Waals surface area contributed by atoms with Crippen LogP contribution in [0.25, 0.3) is 5.52 Å². The minimum absolute atomic E-state index is 0.599. The molecule has 0 saturated heterocycles. The summed E-state index contributed by atoms with van der Waals surface area (Å²) in [5.74, 6) is 0.599. The van der Waals surface area contributed by atoms with Crippen LogP contribution in [0.15, 0.2) is 24.9 Å². The molecule has 0 saturated carbocycles. The summed E-state index contributed by atoms with van der Waals surface area (Å²) < 4.78 is 1.94. The van der Waals surface area contributed by atoms with E-state index in [0.29, 0.717) is 5.88 Å². The number of rotatable bonds is 2. The molecule has 0 unspecified atom stereocenters. The molecule has 0 bridgehead atoms. The zero-order valence-corrected chi connectivity index (χ0v) is 7.20. The lowest BCUT2D eigenvalue weighted by atomic mass is 10.3. The molecule has 3 nitrogen and oxygen atoms in total. The smallest absolute Gasteiger partial charge is 0.0996 e. The number of aromatic nitrogens is 3. The zero-order valence-electron chi connectivity index (χ0n) is 6.44. The first-order chi connectivity index (χ1) is 5.92. The van der Waals surface area contributed by atoms with Gasteiger partial charge in [-0.15, -0.1) is 11.6 Å². The molecule has 2 rings (SSSR count). The van der Waals surface area contributed by atoms with Gasteiger partial charge in [0.15, 0.2) is 0 Å². The molecular formula is C8H8ClN3. The predicted octanol–water partition coefficient (Wildman–Crippen LogP) is 1.51. The van der Waals surface area contributed by atoms with Crippen LogP contribution in [0, 0.1) is 0 Å². The van der Waals surface area contributed by atoms with E-state index in [0.717, 1.165) is 17.6 Å². The van der Waals surface area contributed by atoms with Crippen LogP contribution in [0.2, 0.25) is 0 Å². The second-order valence-corrected chi connectivity index (χ2v) is 2.88. The Kier molecular flexibility index (Phi) is 1.96. The number of fused-ring (bicyclic) bond motifs is 1. The fourth-order valence-electron chi connectivity index (χ4n) is 1.18. The number of halogens is 1. The van der Waals surface area contributed by atoms with E-state index in [2.05, 4.69) is 9.97 Å². The van der Waals surface area contributed by atoms with Crippen LogP contribution in [0.3, 0.4) is 0 Å². The van der Waals surface area contributed by atoms with Crippen molar-refractivity contribution in [3.8, 4) is 0 Å². The van der Waals surface area contributed by atoms with E-state index in [4.69, 9.17) is 11.6 Å². The fraction of sp³-hybridized carbons (Fsp3) is 0.250. The van der Waals surface area contributed by atoms with Crippen molar-refractivity contribution in [3.05, 3.63) is 30.6 Å². The summed E-state index contributed by atoms with van der Waals surface area (Å²) in [6.07, 6.45) is 7.98. The normalized spacial score (nSPS) is 10.8. The molecule has 2 aromatic rings. The lowest BCUT2D eigenvalue weighted by Gasteiger charge is -1.93. The maximum Gasteiger partial charge on any atom is 0.0996 e. The Labute approximate surface area is 75.0 Å². The summed E-state index contributed by atoms with van der Waals surface area (Å²) >= 11 is 5.62. The van der Waals surface area contributed by atoms with E-state index in [9.17, 15) is 0 Å². The number of nitrogens with zero attached hydrogens (tertiary/aromatic N) is 3. The molecule has 0 atom stereocenters. The van der Waals surface area contributed by atoms with Gasteiger partial charge in [0.1, 0.15) is 0 Å². The van der Waals surface area contributed by atoms with Gasteiger partial charge in [0, 0.05) is 24.7 Å². The van der Waals surface area contributed by atoms with Gasteiger partial charge in [0.2, 0.25) is 0 Å². The summed E-state index contributed by atoms with van der Waals surface area (Å²) in [5.41, 5.74) is 2.05. The van der Waals surface area contributed by atoms with Crippen LogP contribution in [-0.4, -0.2) is 20.2 Å². The lowest BCUT2D eigenvalue weighted by molar-refractivity contribution is 1.08. The zero-order chi connectivity index (χ0) is 8.39. The molecule has 0 aliphatic carbocycles. The van der Waals surface area contributed by atoms with Gasteiger partial charge < -0.3 is 4.40 Å². The Morgan fingerprint density at radius 2 is 2.42 bits per heavy atom. The van der Waals surface area contributed by atoms with E-state index in [1.54, 1.807) is 18.7 Å². The van der Waals surface area contributed by atoms with Gasteiger partial charge in [0.05, 0.1) is 23.7 Å². The summed E-state index contributed by atoms with van der Waals surface area (Å²) in [4.78, 5) is 8.25.